The number of benzene rings is 2. The van der Waals surface area contributed by atoms with Crippen molar-refractivity contribution in [1.82, 2.24) is 20.1 Å². The molecule has 0 unspecified atom stereocenters. The lowest BCUT2D eigenvalue weighted by Gasteiger charge is -2.10. The van der Waals surface area contributed by atoms with Crippen LogP contribution in [-0.4, -0.2) is 26.1 Å². The van der Waals surface area contributed by atoms with Crippen LogP contribution >= 0.6 is 11.8 Å². The Morgan fingerprint density at radius 2 is 1.72 bits per heavy atom. The molecule has 0 radical (unpaired) electrons. The molecule has 2 aromatic heterocycles. The number of para-hydroxylation sites is 2. The molecule has 0 atom stereocenters. The van der Waals surface area contributed by atoms with Crippen LogP contribution in [0.15, 0.2) is 57.9 Å². The van der Waals surface area contributed by atoms with E-state index < -0.39 is 5.97 Å². The van der Waals surface area contributed by atoms with Crippen LogP contribution in [0.5, 0.6) is 0 Å². The van der Waals surface area contributed by atoms with Crippen molar-refractivity contribution in [3.05, 3.63) is 77.2 Å². The summed E-state index contributed by atoms with van der Waals surface area (Å²) in [6.07, 6.45) is 0. The van der Waals surface area contributed by atoms with Crippen molar-refractivity contribution in [2.24, 2.45) is 0 Å². The van der Waals surface area contributed by atoms with Gasteiger partial charge in [0.2, 0.25) is 5.89 Å². The Balaban J connectivity index is 1.47. The maximum Gasteiger partial charge on any atom is 0.339 e. The molecule has 8 heteroatoms. The standard InChI is InChI=1S/C21H18N4O3S/c1-13-18(24-17-9-5-4-8-16(17)22-13)11-27-21(26)15-7-3-6-10-19(15)29-12-20-23-14(2)25-28-20/h3-10H,11-12H2,1-2H3. The maximum absolute atomic E-state index is 12.7. The van der Waals surface area contributed by atoms with Crippen LogP contribution in [0.1, 0.15) is 33.5 Å². The molecule has 0 amide bonds. The molecule has 7 nitrogen and oxygen atoms in total. The predicted molar refractivity (Wildman–Crippen MR) is 108 cm³/mol. The number of carbonyl (C=O) groups is 1. The number of hydrogen-bond acceptors (Lipinski definition) is 8. The minimum absolute atomic E-state index is 0.0599. The number of ether oxygens (including phenoxy) is 1. The van der Waals surface area contributed by atoms with E-state index in [1.54, 1.807) is 19.1 Å². The number of nitrogens with zero attached hydrogens (tertiary/aromatic N) is 4. The first-order valence-corrected chi connectivity index (χ1v) is 9.99. The van der Waals surface area contributed by atoms with Crippen LogP contribution in [0, 0.1) is 13.8 Å². The fraction of sp³-hybridized carbons (Fsp3) is 0.190. The minimum atomic E-state index is -0.413. The van der Waals surface area contributed by atoms with Crippen LogP contribution in [0.25, 0.3) is 11.0 Å². The van der Waals surface area contributed by atoms with E-state index in [2.05, 4.69) is 20.1 Å². The van der Waals surface area contributed by atoms with Crippen LogP contribution in [0.3, 0.4) is 0 Å². The van der Waals surface area contributed by atoms with E-state index in [4.69, 9.17) is 9.26 Å². The smallest absolute Gasteiger partial charge is 0.339 e. The third-order valence-electron chi connectivity index (χ3n) is 4.21. The van der Waals surface area contributed by atoms with Crippen molar-refractivity contribution in [2.45, 2.75) is 31.1 Å². The average molecular weight is 406 g/mol. The van der Waals surface area contributed by atoms with Crippen molar-refractivity contribution in [1.29, 1.82) is 0 Å². The van der Waals surface area contributed by atoms with E-state index in [0.29, 0.717) is 28.7 Å². The molecule has 0 bridgehead atoms. The third kappa shape index (κ3) is 4.43. The third-order valence-corrected chi connectivity index (χ3v) is 5.27. The van der Waals surface area contributed by atoms with Gasteiger partial charge in [0.15, 0.2) is 5.82 Å². The SMILES string of the molecule is Cc1noc(CSc2ccccc2C(=O)OCc2nc3ccccc3nc2C)n1. The number of fused-ring (bicyclic) bond motifs is 1. The molecule has 0 fully saturated rings. The van der Waals surface area contributed by atoms with Gasteiger partial charge in [0.1, 0.15) is 6.61 Å². The summed E-state index contributed by atoms with van der Waals surface area (Å²) < 4.78 is 10.7. The predicted octanol–water partition coefficient (Wildman–Crippen LogP) is 4.28. The second kappa shape index (κ2) is 8.40. The van der Waals surface area contributed by atoms with Crippen molar-refractivity contribution in [3.63, 3.8) is 0 Å². The maximum atomic E-state index is 12.7. The lowest BCUT2D eigenvalue weighted by atomic mass is 10.2. The lowest BCUT2D eigenvalue weighted by Crippen LogP contribution is -2.09. The van der Waals surface area contributed by atoms with Crippen LogP contribution in [0.2, 0.25) is 0 Å². The number of rotatable bonds is 6. The van der Waals surface area contributed by atoms with E-state index in [1.807, 2.05) is 43.3 Å². The molecule has 29 heavy (non-hydrogen) atoms. The van der Waals surface area contributed by atoms with Gasteiger partial charge in [-0.05, 0) is 38.1 Å². The zero-order chi connectivity index (χ0) is 20.2. The summed E-state index contributed by atoms with van der Waals surface area (Å²) in [6.45, 7) is 3.68. The number of aromatic nitrogens is 4. The Hall–Kier alpha value is -3.26. The van der Waals surface area contributed by atoms with Gasteiger partial charge in [0, 0.05) is 4.90 Å². The first kappa shape index (κ1) is 19.1. The molecule has 0 aliphatic carbocycles. The summed E-state index contributed by atoms with van der Waals surface area (Å²) in [4.78, 5) is 26.8. The molecule has 2 aromatic carbocycles. The van der Waals surface area contributed by atoms with Gasteiger partial charge in [-0.25, -0.2) is 14.8 Å². The first-order chi connectivity index (χ1) is 14.1. The fourth-order valence-corrected chi connectivity index (χ4v) is 3.65. The Morgan fingerprint density at radius 3 is 2.48 bits per heavy atom. The zero-order valence-electron chi connectivity index (χ0n) is 16.0. The van der Waals surface area contributed by atoms with Crippen molar-refractivity contribution in [3.8, 4) is 0 Å². The number of thioether (sulfide) groups is 1. The lowest BCUT2D eigenvalue weighted by molar-refractivity contribution is 0.0463. The summed E-state index contributed by atoms with van der Waals surface area (Å²) in [5.74, 6) is 1.16. The van der Waals surface area contributed by atoms with Gasteiger partial charge < -0.3 is 9.26 Å². The van der Waals surface area contributed by atoms with E-state index in [0.717, 1.165) is 21.6 Å². The quantitative estimate of drug-likeness (QED) is 0.346. The van der Waals surface area contributed by atoms with Crippen LogP contribution in [-0.2, 0) is 17.1 Å². The molecule has 4 aromatic rings. The highest BCUT2D eigenvalue weighted by molar-refractivity contribution is 7.98. The molecule has 0 spiro atoms. The number of aryl methyl sites for hydroxylation is 2. The Bertz CT molecular complexity index is 1180. The molecular weight excluding hydrogens is 388 g/mol. The van der Waals surface area contributed by atoms with E-state index in [-0.39, 0.29) is 6.61 Å². The van der Waals surface area contributed by atoms with Gasteiger partial charge in [-0.3, -0.25) is 0 Å². The molecular formula is C21H18N4O3S. The molecule has 2 heterocycles. The van der Waals surface area contributed by atoms with Crippen molar-refractivity contribution < 1.29 is 14.1 Å². The summed E-state index contributed by atoms with van der Waals surface area (Å²) in [5.41, 5.74) is 3.46. The van der Waals surface area contributed by atoms with E-state index in [9.17, 15) is 4.79 Å². The minimum Gasteiger partial charge on any atom is -0.455 e. The Morgan fingerprint density at radius 1 is 1.00 bits per heavy atom. The molecule has 0 saturated carbocycles. The van der Waals surface area contributed by atoms with Crippen molar-refractivity contribution >= 4 is 28.8 Å². The van der Waals surface area contributed by atoms with Gasteiger partial charge in [0.25, 0.3) is 0 Å². The molecule has 4 rings (SSSR count). The topological polar surface area (TPSA) is 91.0 Å². The monoisotopic (exact) mass is 406 g/mol. The summed E-state index contributed by atoms with van der Waals surface area (Å²) in [6, 6.07) is 14.9. The number of esters is 1. The molecule has 0 aliphatic rings. The highest BCUT2D eigenvalue weighted by Gasteiger charge is 2.15. The Kier molecular flexibility index (Phi) is 5.53. The van der Waals surface area contributed by atoms with Gasteiger partial charge in [-0.15, -0.1) is 11.8 Å². The van der Waals surface area contributed by atoms with E-state index in [1.165, 1.54) is 11.8 Å². The summed E-state index contributed by atoms with van der Waals surface area (Å²) >= 11 is 1.44. The average Bonchev–Trinajstić information content (AvgIpc) is 3.16. The van der Waals surface area contributed by atoms with Gasteiger partial charge in [-0.2, -0.15) is 4.98 Å². The highest BCUT2D eigenvalue weighted by Crippen LogP contribution is 2.26. The summed E-state index contributed by atoms with van der Waals surface area (Å²) in [5, 5.41) is 3.78. The van der Waals surface area contributed by atoms with Gasteiger partial charge >= 0.3 is 5.97 Å². The molecule has 0 N–H and O–H groups in total. The largest absolute Gasteiger partial charge is 0.455 e. The van der Waals surface area contributed by atoms with E-state index >= 15 is 0 Å². The highest BCUT2D eigenvalue weighted by atomic mass is 32.2. The molecule has 0 saturated heterocycles. The Labute approximate surface area is 171 Å². The summed E-state index contributed by atoms with van der Waals surface area (Å²) in [7, 11) is 0. The fourth-order valence-electron chi connectivity index (χ4n) is 2.77. The van der Waals surface area contributed by atoms with Gasteiger partial charge in [-0.1, -0.05) is 29.4 Å². The normalized spacial score (nSPS) is 11.0. The molecule has 146 valence electrons. The second-order valence-electron chi connectivity index (χ2n) is 6.34. The van der Waals surface area contributed by atoms with Crippen LogP contribution < -0.4 is 0 Å². The van der Waals surface area contributed by atoms with Gasteiger partial charge in [0.05, 0.1) is 33.7 Å². The second-order valence-corrected chi connectivity index (χ2v) is 7.36. The zero-order valence-corrected chi connectivity index (χ0v) is 16.8. The van der Waals surface area contributed by atoms with Crippen LogP contribution in [0.4, 0.5) is 0 Å². The first-order valence-electron chi connectivity index (χ1n) is 9.00. The number of hydrogen-bond donors (Lipinski definition) is 0. The van der Waals surface area contributed by atoms with Crippen molar-refractivity contribution in [2.75, 3.05) is 0 Å². The molecule has 0 aliphatic heterocycles. The number of carbonyl (C=O) groups excluding carboxylic acids is 1.